The quantitative estimate of drug-likeness (QED) is 0.886. The van der Waals surface area contributed by atoms with Crippen molar-refractivity contribution in [3.05, 3.63) is 29.1 Å². The second kappa shape index (κ2) is 5.43. The minimum atomic E-state index is -1.22. The molecule has 0 amide bonds. The first-order valence-corrected chi connectivity index (χ1v) is 7.34. The maximum absolute atomic E-state index is 13.8. The molecule has 108 valence electrons. The number of aromatic carboxylic acids is 1. The second-order valence-electron chi connectivity index (χ2n) is 5.91. The van der Waals surface area contributed by atoms with Gasteiger partial charge in [-0.15, -0.1) is 0 Å². The summed E-state index contributed by atoms with van der Waals surface area (Å²) < 4.78 is 19.6. The highest BCUT2D eigenvalue weighted by molar-refractivity contribution is 5.88. The van der Waals surface area contributed by atoms with Gasteiger partial charge in [-0.2, -0.15) is 0 Å². The molecule has 0 spiro atoms. The van der Waals surface area contributed by atoms with Crippen LogP contribution in [0.2, 0.25) is 0 Å². The fourth-order valence-electron chi connectivity index (χ4n) is 2.96. The van der Waals surface area contributed by atoms with E-state index in [4.69, 9.17) is 9.84 Å². The lowest BCUT2D eigenvalue weighted by molar-refractivity contribution is 0.0691. The molecule has 2 aliphatic rings. The van der Waals surface area contributed by atoms with Crippen molar-refractivity contribution in [2.75, 3.05) is 6.61 Å². The maximum atomic E-state index is 13.8. The summed E-state index contributed by atoms with van der Waals surface area (Å²) in [6, 6.07) is 2.71. The monoisotopic (exact) mass is 278 g/mol. The fourth-order valence-corrected chi connectivity index (χ4v) is 2.96. The molecule has 0 aromatic heterocycles. The van der Waals surface area contributed by atoms with Gasteiger partial charge in [-0.05, 0) is 49.1 Å². The lowest BCUT2D eigenvalue weighted by Gasteiger charge is -2.15. The number of halogens is 1. The van der Waals surface area contributed by atoms with E-state index < -0.39 is 11.8 Å². The van der Waals surface area contributed by atoms with Crippen molar-refractivity contribution in [2.45, 2.75) is 44.4 Å². The number of hydrogen-bond acceptors (Lipinski definition) is 2. The average Bonchev–Trinajstić information content (AvgIpc) is 3.12. The van der Waals surface area contributed by atoms with Crippen molar-refractivity contribution in [1.82, 2.24) is 0 Å². The molecule has 2 fully saturated rings. The molecule has 3 nitrogen and oxygen atoms in total. The Morgan fingerprint density at radius 1 is 1.25 bits per heavy atom. The van der Waals surface area contributed by atoms with E-state index in [0.717, 1.165) is 18.4 Å². The zero-order valence-corrected chi connectivity index (χ0v) is 11.4. The second-order valence-corrected chi connectivity index (χ2v) is 5.91. The molecule has 0 saturated heterocycles. The Labute approximate surface area is 117 Å². The number of carboxylic acid groups (broad SMARTS) is 1. The summed E-state index contributed by atoms with van der Waals surface area (Å²) in [6.07, 6.45) is 6.91. The highest BCUT2D eigenvalue weighted by Gasteiger charge is 2.29. The Balaban J connectivity index is 1.80. The third-order valence-electron chi connectivity index (χ3n) is 4.30. The van der Waals surface area contributed by atoms with Crippen LogP contribution in [0.1, 0.15) is 60.4 Å². The molecule has 0 atom stereocenters. The molecule has 0 bridgehead atoms. The van der Waals surface area contributed by atoms with Crippen molar-refractivity contribution in [3.8, 4) is 5.75 Å². The fraction of sp³-hybridized carbons (Fsp3) is 0.562. The first-order valence-electron chi connectivity index (χ1n) is 7.34. The molecular formula is C16H19FO3. The molecule has 0 aliphatic heterocycles. The van der Waals surface area contributed by atoms with Crippen molar-refractivity contribution < 1.29 is 19.0 Å². The molecule has 1 aromatic rings. The van der Waals surface area contributed by atoms with E-state index in [0.29, 0.717) is 24.2 Å². The van der Waals surface area contributed by atoms with Gasteiger partial charge in [0, 0.05) is 6.07 Å². The van der Waals surface area contributed by atoms with Crippen LogP contribution in [0.5, 0.6) is 5.75 Å². The molecular weight excluding hydrogens is 259 g/mol. The summed E-state index contributed by atoms with van der Waals surface area (Å²) in [4.78, 5) is 11.0. The normalized spacial score (nSPS) is 19.2. The van der Waals surface area contributed by atoms with Gasteiger partial charge in [0.05, 0.1) is 12.2 Å². The summed E-state index contributed by atoms with van der Waals surface area (Å²) in [7, 11) is 0. The van der Waals surface area contributed by atoms with Crippen molar-refractivity contribution in [2.24, 2.45) is 5.92 Å². The minimum absolute atomic E-state index is 0.250. The van der Waals surface area contributed by atoms with Gasteiger partial charge in [-0.3, -0.25) is 0 Å². The highest BCUT2D eigenvalue weighted by Crippen LogP contribution is 2.45. The zero-order valence-electron chi connectivity index (χ0n) is 11.4. The van der Waals surface area contributed by atoms with Gasteiger partial charge < -0.3 is 9.84 Å². The lowest BCUT2D eigenvalue weighted by atomic mass is 10.0. The summed E-state index contributed by atoms with van der Waals surface area (Å²) in [5.74, 6) is -0.478. The molecule has 20 heavy (non-hydrogen) atoms. The van der Waals surface area contributed by atoms with Crippen LogP contribution in [0.25, 0.3) is 0 Å². The van der Waals surface area contributed by atoms with Gasteiger partial charge in [0.2, 0.25) is 0 Å². The van der Waals surface area contributed by atoms with E-state index in [2.05, 4.69) is 0 Å². The van der Waals surface area contributed by atoms with Crippen molar-refractivity contribution in [3.63, 3.8) is 0 Å². The number of carbonyl (C=O) groups is 1. The van der Waals surface area contributed by atoms with E-state index in [1.807, 2.05) is 0 Å². The van der Waals surface area contributed by atoms with Gasteiger partial charge in [-0.1, -0.05) is 12.8 Å². The Kier molecular flexibility index (Phi) is 3.64. The number of hydrogen-bond donors (Lipinski definition) is 1. The average molecular weight is 278 g/mol. The Hall–Kier alpha value is -1.58. The van der Waals surface area contributed by atoms with Crippen LogP contribution in [0.15, 0.2) is 12.1 Å². The van der Waals surface area contributed by atoms with Gasteiger partial charge in [0.15, 0.2) is 0 Å². The highest BCUT2D eigenvalue weighted by atomic mass is 19.1. The molecule has 2 saturated carbocycles. The SMILES string of the molecule is O=C(O)c1cc(C2CC2)c(OCC2CCCC2)cc1F. The van der Waals surface area contributed by atoms with E-state index in [1.54, 1.807) is 0 Å². The van der Waals surface area contributed by atoms with Crippen LogP contribution in [-0.4, -0.2) is 17.7 Å². The molecule has 1 N–H and O–H groups in total. The van der Waals surface area contributed by atoms with Crippen LogP contribution in [0, 0.1) is 11.7 Å². The Bertz CT molecular complexity index is 517. The molecule has 3 rings (SSSR count). The van der Waals surface area contributed by atoms with Crippen molar-refractivity contribution in [1.29, 1.82) is 0 Å². The van der Waals surface area contributed by atoms with Gasteiger partial charge in [0.25, 0.3) is 0 Å². The van der Waals surface area contributed by atoms with Crippen LogP contribution in [0.3, 0.4) is 0 Å². The van der Waals surface area contributed by atoms with Crippen LogP contribution in [-0.2, 0) is 0 Å². The third-order valence-corrected chi connectivity index (χ3v) is 4.30. The van der Waals surface area contributed by atoms with Gasteiger partial charge in [0.1, 0.15) is 11.6 Å². The van der Waals surface area contributed by atoms with Gasteiger partial charge >= 0.3 is 5.97 Å². The molecule has 0 heterocycles. The zero-order chi connectivity index (χ0) is 14.1. The first kappa shape index (κ1) is 13.4. The summed E-state index contributed by atoms with van der Waals surface area (Å²) in [5.41, 5.74) is 0.613. The predicted octanol–water partition coefficient (Wildman–Crippen LogP) is 3.97. The third kappa shape index (κ3) is 2.79. The van der Waals surface area contributed by atoms with E-state index >= 15 is 0 Å². The molecule has 0 radical (unpaired) electrons. The van der Waals surface area contributed by atoms with E-state index in [-0.39, 0.29) is 5.56 Å². The summed E-state index contributed by atoms with van der Waals surface area (Å²) in [5, 5.41) is 9.00. The Morgan fingerprint density at radius 2 is 1.95 bits per heavy atom. The van der Waals surface area contributed by atoms with Crippen LogP contribution < -0.4 is 4.74 Å². The largest absolute Gasteiger partial charge is 0.493 e. The summed E-state index contributed by atoms with van der Waals surface area (Å²) >= 11 is 0. The molecule has 4 heteroatoms. The van der Waals surface area contributed by atoms with Crippen molar-refractivity contribution >= 4 is 5.97 Å². The van der Waals surface area contributed by atoms with Gasteiger partial charge in [-0.25, -0.2) is 9.18 Å². The Morgan fingerprint density at radius 3 is 2.55 bits per heavy atom. The minimum Gasteiger partial charge on any atom is -0.493 e. The lowest BCUT2D eigenvalue weighted by Crippen LogP contribution is -2.10. The summed E-state index contributed by atoms with van der Waals surface area (Å²) in [6.45, 7) is 0.617. The number of ether oxygens (including phenoxy) is 1. The van der Waals surface area contributed by atoms with E-state index in [9.17, 15) is 9.18 Å². The molecule has 1 aromatic carbocycles. The smallest absolute Gasteiger partial charge is 0.338 e. The standard InChI is InChI=1S/C16H19FO3/c17-14-8-15(20-9-10-3-1-2-4-10)12(11-5-6-11)7-13(14)16(18)19/h7-8,10-11H,1-6,9H2,(H,18,19). The number of carboxylic acids is 1. The molecule has 0 unspecified atom stereocenters. The number of rotatable bonds is 5. The van der Waals surface area contributed by atoms with Crippen LogP contribution in [0.4, 0.5) is 4.39 Å². The van der Waals surface area contributed by atoms with Crippen LogP contribution >= 0.6 is 0 Å². The van der Waals surface area contributed by atoms with E-state index in [1.165, 1.54) is 37.8 Å². The first-order chi connectivity index (χ1) is 9.65. The maximum Gasteiger partial charge on any atom is 0.338 e. The number of benzene rings is 1. The predicted molar refractivity (Wildman–Crippen MR) is 72.8 cm³/mol. The topological polar surface area (TPSA) is 46.5 Å². The molecule has 2 aliphatic carbocycles.